The Balaban J connectivity index is 0.000000164. The van der Waals surface area contributed by atoms with Crippen LogP contribution in [-0.4, -0.2) is 18.0 Å². The number of fused-ring (bicyclic) bond motifs is 4. The van der Waals surface area contributed by atoms with Crippen molar-refractivity contribution in [3.63, 3.8) is 0 Å². The van der Waals surface area contributed by atoms with Gasteiger partial charge in [-0.25, -0.2) is 0 Å². The molecule has 0 aliphatic heterocycles. The van der Waals surface area contributed by atoms with Crippen molar-refractivity contribution >= 4 is 46.0 Å². The quantitative estimate of drug-likeness (QED) is 0.112. The number of rotatable bonds is 8. The molecule has 0 saturated heterocycles. The van der Waals surface area contributed by atoms with Crippen LogP contribution in [0.5, 0.6) is 0 Å². The van der Waals surface area contributed by atoms with E-state index in [1.54, 1.807) is 0 Å². The van der Waals surface area contributed by atoms with E-state index < -0.39 is 8.07 Å². The fourth-order valence-corrected chi connectivity index (χ4v) is 10.9. The molecule has 1 fully saturated rings. The normalized spacial score (nSPS) is 12.9. The Hall–Kier alpha value is -6.23. The van der Waals surface area contributed by atoms with Gasteiger partial charge < -0.3 is 14.4 Å². The van der Waals surface area contributed by atoms with E-state index in [2.05, 4.69) is 189 Å². The first kappa shape index (κ1) is 43.0. The smallest absolute Gasteiger partial charge is 0.121 e. The Kier molecular flexibility index (Phi) is 12.7. The van der Waals surface area contributed by atoms with E-state index >= 15 is 0 Å². The summed E-state index contributed by atoms with van der Waals surface area (Å²) in [5.41, 5.74) is 14.4. The van der Waals surface area contributed by atoms with E-state index in [1.165, 1.54) is 75.9 Å². The van der Waals surface area contributed by atoms with E-state index in [4.69, 9.17) is 9.40 Å². The largest absolute Gasteiger partial charge is 0.500 e. The second kappa shape index (κ2) is 18.9. The average molecular weight is 1020 g/mol. The molecule has 1 aliphatic carbocycles. The van der Waals surface area contributed by atoms with Gasteiger partial charge in [-0.15, -0.1) is 59.2 Å². The molecular weight excluding hydrogens is 973 g/mol. The zero-order valence-corrected chi connectivity index (χ0v) is 40.0. The molecule has 7 aromatic carbocycles. The molecule has 1 aliphatic rings. The number of aromatic nitrogens is 2. The van der Waals surface area contributed by atoms with Crippen LogP contribution in [-0.2, 0) is 26.5 Å². The minimum Gasteiger partial charge on any atom is -0.500 e. The third kappa shape index (κ3) is 9.21. The Morgan fingerprint density at radius 2 is 1.25 bits per heavy atom. The Morgan fingerprint density at radius 1 is 0.562 bits per heavy atom. The van der Waals surface area contributed by atoms with Crippen LogP contribution in [0.3, 0.4) is 0 Å². The first-order valence-electron chi connectivity index (χ1n) is 22.3. The van der Waals surface area contributed by atoms with Crippen molar-refractivity contribution in [3.05, 3.63) is 200 Å². The molecule has 0 spiro atoms. The van der Waals surface area contributed by atoms with Gasteiger partial charge in [0, 0.05) is 37.9 Å². The fourth-order valence-electron chi connectivity index (χ4n) is 9.34. The average Bonchev–Trinajstić information content (AvgIpc) is 3.99. The van der Waals surface area contributed by atoms with E-state index in [0.717, 1.165) is 61.5 Å². The van der Waals surface area contributed by atoms with Gasteiger partial charge in [-0.1, -0.05) is 184 Å². The number of nitrogens with zero attached hydrogens (tertiary/aromatic N) is 2. The van der Waals surface area contributed by atoms with Gasteiger partial charge in [-0.2, -0.15) is 0 Å². The van der Waals surface area contributed by atoms with Crippen LogP contribution in [0.1, 0.15) is 31.2 Å². The zero-order chi connectivity index (χ0) is 42.8. The molecule has 1 saturated carbocycles. The monoisotopic (exact) mass is 1020 g/mol. The summed E-state index contributed by atoms with van der Waals surface area (Å²) in [7, 11) is -1.41. The van der Waals surface area contributed by atoms with Gasteiger partial charge >= 0.3 is 0 Å². The van der Waals surface area contributed by atoms with Crippen LogP contribution in [0.15, 0.2) is 187 Å². The maximum absolute atomic E-state index is 6.26. The molecule has 0 amide bonds. The van der Waals surface area contributed by atoms with Crippen LogP contribution in [0.2, 0.25) is 19.6 Å². The van der Waals surface area contributed by atoms with Crippen molar-refractivity contribution in [1.29, 1.82) is 0 Å². The van der Waals surface area contributed by atoms with Crippen molar-refractivity contribution in [2.45, 2.75) is 51.7 Å². The van der Waals surface area contributed by atoms with Crippen LogP contribution in [0.4, 0.5) is 0 Å². The number of pyridine rings is 2. The summed E-state index contributed by atoms with van der Waals surface area (Å²) in [6.07, 6.45) is 10.8. The molecule has 64 heavy (non-hydrogen) atoms. The van der Waals surface area contributed by atoms with Crippen molar-refractivity contribution in [3.8, 4) is 55.9 Å². The third-order valence-corrected chi connectivity index (χ3v) is 14.7. The summed E-state index contributed by atoms with van der Waals surface area (Å²) in [6, 6.07) is 66.1. The Labute approximate surface area is 391 Å². The molecule has 0 bridgehead atoms. The number of hydrogen-bond donors (Lipinski definition) is 0. The molecular formula is C59H50IrN2OSi-2. The van der Waals surface area contributed by atoms with Crippen LogP contribution < -0.4 is 5.19 Å². The van der Waals surface area contributed by atoms with Crippen molar-refractivity contribution < 1.29 is 24.5 Å². The van der Waals surface area contributed by atoms with Crippen LogP contribution >= 0.6 is 0 Å². The van der Waals surface area contributed by atoms with Gasteiger partial charge in [0.25, 0.3) is 0 Å². The van der Waals surface area contributed by atoms with Crippen molar-refractivity contribution in [1.82, 2.24) is 9.97 Å². The SMILES string of the molecule is C[Si](C)(C)c1cnc(-c2[c-]ccc(-c3ccccc3)c2)cc1CC1CCCC1.[Ir].[c-]1cc2oc3cc(-c4cccc5ccccc45)ccc3c2cc1-c1cc(-c2ccccc2)ccn1. The molecule has 3 aromatic heterocycles. The summed E-state index contributed by atoms with van der Waals surface area (Å²) < 4.78 is 6.26. The molecule has 10 aromatic rings. The fraction of sp³-hybridized carbons (Fsp3) is 0.153. The maximum Gasteiger partial charge on any atom is 0.121 e. The third-order valence-electron chi connectivity index (χ3n) is 12.6. The Bertz CT molecular complexity index is 3200. The summed E-state index contributed by atoms with van der Waals surface area (Å²) in [4.78, 5) is 9.52. The Morgan fingerprint density at radius 3 is 2.02 bits per heavy atom. The summed E-state index contributed by atoms with van der Waals surface area (Å²) in [6.45, 7) is 7.30. The van der Waals surface area contributed by atoms with E-state index in [1.807, 2.05) is 30.5 Å². The number of furan rings is 1. The first-order valence-corrected chi connectivity index (χ1v) is 25.8. The standard InChI is InChI=1S/C33H20NO.C26H30NSi.Ir/c1-2-7-22(8-3-1)24-17-18-34-31(20-24)26-14-16-32-30(19-26)29-15-13-25(21-33(29)35-32)28-12-6-10-23-9-4-5-11-27(23)28;1-28(2,3)26-19-27-25(18-24(26)16-20-10-7-8-11-20)23-15-9-14-22(17-23)21-12-5-4-6-13-21;/h1-13,15-21H;4-6,9,12-14,17-20H,7-8,10-11,16H2,1-3H3;/q2*-1;. The van der Waals surface area contributed by atoms with Gasteiger partial charge in [0.1, 0.15) is 5.58 Å². The number of benzene rings is 7. The van der Waals surface area contributed by atoms with Crippen LogP contribution in [0.25, 0.3) is 88.6 Å². The van der Waals surface area contributed by atoms with Gasteiger partial charge in [0.15, 0.2) is 0 Å². The molecule has 5 heteroatoms. The molecule has 3 heterocycles. The second-order valence-corrected chi connectivity index (χ2v) is 23.0. The van der Waals surface area contributed by atoms with Gasteiger partial charge in [0.2, 0.25) is 0 Å². The summed E-state index contributed by atoms with van der Waals surface area (Å²) in [5.74, 6) is 0.852. The minimum absolute atomic E-state index is 0. The molecule has 11 rings (SSSR count). The molecule has 3 nitrogen and oxygen atoms in total. The number of hydrogen-bond acceptors (Lipinski definition) is 3. The van der Waals surface area contributed by atoms with Gasteiger partial charge in [-0.3, -0.25) is 0 Å². The second-order valence-electron chi connectivity index (χ2n) is 17.9. The molecule has 0 unspecified atom stereocenters. The topological polar surface area (TPSA) is 38.9 Å². The predicted octanol–water partition coefficient (Wildman–Crippen LogP) is 15.4. The van der Waals surface area contributed by atoms with E-state index in [9.17, 15) is 0 Å². The maximum atomic E-state index is 6.26. The molecule has 317 valence electrons. The predicted molar refractivity (Wildman–Crippen MR) is 267 cm³/mol. The first-order chi connectivity index (χ1) is 30.8. The minimum atomic E-state index is -1.41. The summed E-state index contributed by atoms with van der Waals surface area (Å²) in [5, 5.41) is 6.18. The van der Waals surface area contributed by atoms with Crippen molar-refractivity contribution in [2.24, 2.45) is 5.92 Å². The van der Waals surface area contributed by atoms with Crippen LogP contribution in [0, 0.1) is 18.1 Å². The van der Waals surface area contributed by atoms with Crippen molar-refractivity contribution in [2.75, 3.05) is 0 Å². The zero-order valence-electron chi connectivity index (χ0n) is 36.6. The molecule has 0 atom stereocenters. The van der Waals surface area contributed by atoms with E-state index in [-0.39, 0.29) is 20.1 Å². The molecule has 0 N–H and O–H groups in total. The molecule has 1 radical (unpaired) electrons. The summed E-state index contributed by atoms with van der Waals surface area (Å²) >= 11 is 0. The van der Waals surface area contributed by atoms with Gasteiger partial charge in [0.05, 0.1) is 13.7 Å². The van der Waals surface area contributed by atoms with Gasteiger partial charge in [-0.05, 0) is 79.6 Å². The van der Waals surface area contributed by atoms with E-state index in [0.29, 0.717) is 0 Å².